The number of ether oxygens (including phenoxy) is 2. The number of halogens is 8. The SMILES string of the molecule is COCc1nc2c(Cl)nccc2s1.COCc1nc2c(Nc3cccc(-c4ccccc4)c3Cl)nccc2s1.Cl.Clc1c(Nc2nccc3sc(CBr)nc23)cccc1-c1ccccc1.NC(=O)CNCc1nc2c(Nc3cccc(-c4ccccc4)c3Cl)nccc2s1.NCC(N)=O.Nc1cccc(-c2ccccc2)c1Cl.OCc1nc2c(Nc3cccc(-c4ccccc4)c3Cl)nccc2s1.[B].[HH].[HH].[HH].[HH]. The monoisotopic (exact) mass is 2150 g/mol. The van der Waals surface area contributed by atoms with Gasteiger partial charge >= 0.3 is 0 Å². The molecule has 0 atom stereocenters. The van der Waals surface area contributed by atoms with E-state index in [1.54, 1.807) is 85.3 Å². The van der Waals surface area contributed by atoms with E-state index in [1.165, 1.54) is 22.7 Å². The molecule has 24 nitrogen and oxygen atoms in total. The Morgan fingerprint density at radius 1 is 0.367 bits per heavy atom. The van der Waals surface area contributed by atoms with E-state index >= 15 is 0 Å². The Bertz CT molecular complexity index is 7350. The molecule has 0 saturated heterocycles. The lowest BCUT2D eigenvalue weighted by Crippen LogP contribution is -2.27. The van der Waals surface area contributed by atoms with Crippen molar-refractivity contribution in [3.05, 3.63) is 359 Å². The number of amides is 2. The quantitative estimate of drug-likeness (QED) is 0.0116. The second-order valence-corrected chi connectivity index (χ2v) is 37.5. The van der Waals surface area contributed by atoms with Crippen LogP contribution in [0.4, 0.5) is 51.7 Å². The molecule has 10 aromatic heterocycles. The van der Waals surface area contributed by atoms with Crippen molar-refractivity contribution >= 4 is 278 Å². The number of aromatic nitrogens is 10. The third-order valence-corrected chi connectivity index (χ3v) is 28.0. The van der Waals surface area contributed by atoms with Crippen LogP contribution in [0, 0.1) is 0 Å². The van der Waals surface area contributed by atoms with E-state index in [1.807, 2.05) is 267 Å². The number of pyridine rings is 5. The standard InChI is InChI=1S/C21H18ClN5OS.C20H16ClN3OS.C19H13BrClN3S.C19H14ClN3OS.C12H10ClN.C8H7ClN2OS.C2H6N2O.B.ClH.4H2/c22-19-14(13-5-2-1-3-6-13)7-4-8-15(19)26-21-20-16(9-10-25-21)29-18(27-20)12-24-11-17(23)28;1-25-12-17-24-19-16(26-17)10-11-22-20(19)23-15-9-5-8-14(18(15)21)13-6-3-2-4-7-13;20-11-16-24-18-15(25-16)9-10-22-19(18)23-14-8-4-7-13(17(14)21)12-5-2-1-3-6-12;20-17-13(12-5-2-1-3-6-12)7-4-8-14(17)22-19-18-15(9-10-21-19)25-16(11-24)23-18;13-12-10(7-4-8-11(12)14)9-5-2-1-3-6-9;1-12-4-6-11-7-5(13-6)2-3-10-8(7)9;3-1-2(4)5;;;;;;/h1-10,24H,11-12H2,(H2,23,28)(H,25,26);2-11H,12H2,1H3,(H,22,23);1-10H,11H2,(H,22,23);1-10,24H,11H2,(H,21,22);1-8H,14H2;2-3H,4H2,1H3;1,3H2,(H2,4,5);;5*1H. The van der Waals surface area contributed by atoms with Crippen LogP contribution < -0.4 is 49.5 Å². The van der Waals surface area contributed by atoms with E-state index in [0.29, 0.717) is 84.0 Å². The third-order valence-electron chi connectivity index (χ3n) is 19.7. The molecule has 0 aliphatic rings. The summed E-state index contributed by atoms with van der Waals surface area (Å²) in [6, 6.07) is 89.0. The van der Waals surface area contributed by atoms with Gasteiger partial charge in [-0.2, -0.15) is 0 Å². The van der Waals surface area contributed by atoms with Gasteiger partial charge in [-0.15, -0.1) is 69.1 Å². The van der Waals surface area contributed by atoms with Gasteiger partial charge in [-0.25, -0.2) is 49.8 Å². The summed E-state index contributed by atoms with van der Waals surface area (Å²) in [6.07, 6.45) is 8.70. The number of rotatable bonds is 24. The van der Waals surface area contributed by atoms with E-state index in [4.69, 9.17) is 96.3 Å². The summed E-state index contributed by atoms with van der Waals surface area (Å²) in [5, 5.41) is 34.3. The van der Waals surface area contributed by atoms with Gasteiger partial charge in [-0.1, -0.05) is 298 Å². The van der Waals surface area contributed by atoms with Gasteiger partial charge < -0.3 is 64.1 Å². The lowest BCUT2D eigenvalue weighted by atomic mass is 10.1. The fourth-order valence-electron chi connectivity index (χ4n) is 13.5. The fourth-order valence-corrected chi connectivity index (χ4v) is 20.0. The smallest absolute Gasteiger partial charge is 0.231 e. The minimum absolute atomic E-state index is 0. The number of carbonyl (C=O) groups is 2. The molecule has 38 heteroatoms. The second-order valence-electron chi connectivity index (χ2n) is 29.1. The maximum absolute atomic E-state index is 10.9. The Balaban J connectivity index is 0.000000209. The van der Waals surface area contributed by atoms with Crippen molar-refractivity contribution in [2.45, 2.75) is 31.7 Å². The van der Waals surface area contributed by atoms with Crippen molar-refractivity contribution < 1.29 is 29.9 Å². The van der Waals surface area contributed by atoms with Crippen molar-refractivity contribution in [3.63, 3.8) is 0 Å². The maximum atomic E-state index is 10.9. The first-order valence-corrected chi connectivity index (χ1v) is 49.3. The van der Waals surface area contributed by atoms with Crippen molar-refractivity contribution in [2.24, 2.45) is 17.2 Å². The number of hydrogen-bond donors (Lipinski definition) is 10. The van der Waals surface area contributed by atoms with Crippen molar-refractivity contribution in [3.8, 4) is 55.6 Å². The molecule has 0 fully saturated rings. The largest absolute Gasteiger partial charge is 0.398 e. The molecule has 0 aliphatic carbocycles. The molecule has 139 heavy (non-hydrogen) atoms. The highest BCUT2D eigenvalue weighted by molar-refractivity contribution is 9.08. The summed E-state index contributed by atoms with van der Waals surface area (Å²) in [5.41, 5.74) is 38.0. The highest BCUT2D eigenvalue weighted by Crippen LogP contribution is 2.43. The molecule has 20 aromatic rings. The number of nitrogens with one attached hydrogen (secondary N) is 5. The van der Waals surface area contributed by atoms with Crippen molar-refractivity contribution in [1.29, 1.82) is 0 Å². The van der Waals surface area contributed by atoms with Gasteiger partial charge in [-0.05, 0) is 88.5 Å². The maximum Gasteiger partial charge on any atom is 0.231 e. The molecule has 10 aromatic carbocycles. The minimum Gasteiger partial charge on any atom is -0.398 e. The van der Waals surface area contributed by atoms with E-state index in [9.17, 15) is 14.7 Å². The van der Waals surface area contributed by atoms with Gasteiger partial charge in [0.05, 0.1) is 115 Å². The van der Waals surface area contributed by atoms with Gasteiger partial charge in [0.15, 0.2) is 28.4 Å². The first-order valence-electron chi connectivity index (χ1n) is 41.8. The van der Waals surface area contributed by atoms with Crippen LogP contribution in [0.2, 0.25) is 30.3 Å². The lowest BCUT2D eigenvalue weighted by Gasteiger charge is -2.12. The molecule has 20 rings (SSSR count). The Hall–Kier alpha value is -12.3. The number of benzene rings is 10. The molecule has 0 spiro atoms. The molecule has 0 saturated carbocycles. The van der Waals surface area contributed by atoms with E-state index < -0.39 is 11.8 Å². The summed E-state index contributed by atoms with van der Waals surface area (Å²) >= 11 is 49.9. The van der Waals surface area contributed by atoms with Gasteiger partial charge in [0.2, 0.25) is 11.8 Å². The highest BCUT2D eigenvalue weighted by Gasteiger charge is 2.20. The number of anilines is 9. The zero-order valence-corrected chi connectivity index (χ0v) is 84.9. The summed E-state index contributed by atoms with van der Waals surface area (Å²) in [5.74, 6) is 1.79. The lowest BCUT2D eigenvalue weighted by molar-refractivity contribution is -0.117. The molecule has 10 heterocycles. The van der Waals surface area contributed by atoms with Crippen LogP contribution in [-0.4, -0.2) is 102 Å². The van der Waals surface area contributed by atoms with Crippen LogP contribution in [0.5, 0.6) is 0 Å². The summed E-state index contributed by atoms with van der Waals surface area (Å²) in [7, 11) is 3.31. The van der Waals surface area contributed by atoms with E-state index in [0.717, 1.165) is 155 Å². The topological polar surface area (TPSA) is 366 Å². The number of nitrogen functional groups attached to an aromatic ring is 1. The number of aliphatic hydroxyl groups is 1. The molecular weight excluding hydrogens is 2060 g/mol. The minimum atomic E-state index is -0.468. The summed E-state index contributed by atoms with van der Waals surface area (Å²) in [4.78, 5) is 64.7. The van der Waals surface area contributed by atoms with Crippen molar-refractivity contribution in [2.75, 3.05) is 54.3 Å². The number of methoxy groups -OCH3 is 2. The van der Waals surface area contributed by atoms with Gasteiger partial charge in [-0.3, -0.25) is 9.59 Å². The molecule has 711 valence electrons. The molecule has 2 amide bonds. The second kappa shape index (κ2) is 52.6. The number of alkyl halides is 1. The number of aliphatic hydroxyl groups excluding tert-OH is 1. The number of thiazole rings is 5. The fraction of sp³-hybridized carbons (Fsp3) is 0.0891. The number of hydrogen-bond acceptors (Lipinski definition) is 27. The molecule has 0 unspecified atom stereocenters. The normalized spacial score (nSPS) is 10.6. The Labute approximate surface area is 873 Å². The predicted octanol–water partition coefficient (Wildman–Crippen LogP) is 27.7. The number of carbonyl (C=O) groups excluding carboxylic acids is 2. The van der Waals surface area contributed by atoms with Crippen LogP contribution in [0.15, 0.2) is 304 Å². The first-order chi connectivity index (χ1) is 66.8. The molecule has 3 radical (unpaired) electrons. The van der Waals surface area contributed by atoms with E-state index in [2.05, 4.69) is 98.1 Å². The molecule has 0 bridgehead atoms. The molecular formula is C101H93BBrCl7N19O5S5. The highest BCUT2D eigenvalue weighted by atomic mass is 79.9. The average Bonchev–Trinajstić information content (AvgIpc) is 1.73. The van der Waals surface area contributed by atoms with E-state index in [-0.39, 0.29) is 46.2 Å². The zero-order chi connectivity index (χ0) is 96.1. The number of nitrogens with zero attached hydrogens (tertiary/aromatic N) is 10. The Morgan fingerprint density at radius 3 is 0.950 bits per heavy atom. The van der Waals surface area contributed by atoms with Crippen LogP contribution in [0.3, 0.4) is 0 Å². The Morgan fingerprint density at radius 2 is 0.640 bits per heavy atom. The van der Waals surface area contributed by atoms with Gasteiger partial charge in [0.25, 0.3) is 0 Å². The first kappa shape index (κ1) is 106. The van der Waals surface area contributed by atoms with Crippen LogP contribution in [0.1, 0.15) is 30.7 Å². The average molecular weight is 2150 g/mol. The Kier molecular flexibility index (Phi) is 40.0. The zero-order valence-electron chi connectivity index (χ0n) is 73.9. The van der Waals surface area contributed by atoms with Crippen molar-refractivity contribution in [1.82, 2.24) is 55.2 Å². The van der Waals surface area contributed by atoms with Crippen LogP contribution in [-0.2, 0) is 50.8 Å². The number of primary amides is 2. The molecule has 14 N–H and O–H groups in total. The molecule has 0 aliphatic heterocycles. The third kappa shape index (κ3) is 28.1. The number of nitrogens with two attached hydrogens (primary N) is 4. The summed E-state index contributed by atoms with van der Waals surface area (Å²) < 4.78 is 15.3. The van der Waals surface area contributed by atoms with Gasteiger partial charge in [0, 0.05) is 93.7 Å². The predicted molar refractivity (Wildman–Crippen MR) is 595 cm³/mol. The summed E-state index contributed by atoms with van der Waals surface area (Å²) in [6.45, 7) is 1.45. The van der Waals surface area contributed by atoms with Gasteiger partial charge in [0.1, 0.15) is 52.6 Å². The van der Waals surface area contributed by atoms with Crippen LogP contribution >= 0.6 is 155 Å². The van der Waals surface area contributed by atoms with Crippen LogP contribution in [0.25, 0.3) is 107 Å². The number of fused-ring (bicyclic) bond motifs is 5.